The molecule has 3 nitrogen and oxygen atoms in total. The highest BCUT2D eigenvalue weighted by atomic mass is 16.6. The topological polar surface area (TPSA) is 48.2 Å². The molecule has 2 rings (SSSR count). The van der Waals surface area contributed by atoms with E-state index < -0.39 is 0 Å². The molecule has 0 radical (unpaired) electrons. The number of carbonyl (C=O) groups is 1. The van der Waals surface area contributed by atoms with Gasteiger partial charge < -0.3 is 4.74 Å². The molecule has 2 saturated heterocycles. The normalized spacial score (nSPS) is 58.5. The predicted molar refractivity (Wildman–Crippen MR) is 26.0 cm³/mol. The number of hydrogen-bond acceptors (Lipinski definition) is 3. The molecule has 2 aliphatic rings. The Labute approximate surface area is 47.0 Å². The summed E-state index contributed by atoms with van der Waals surface area (Å²) >= 11 is 0. The molecular weight excluding hydrogens is 106 g/mol. The van der Waals surface area contributed by atoms with Crippen LogP contribution in [-0.4, -0.2) is 17.2 Å². The minimum atomic E-state index is -0.326. The Morgan fingerprint density at radius 1 is 1.62 bits per heavy atom. The fourth-order valence-electron chi connectivity index (χ4n) is 1.06. The lowest BCUT2D eigenvalue weighted by Gasteiger charge is -2.24. The molecule has 8 heavy (non-hydrogen) atoms. The third kappa shape index (κ3) is 0.194. The maximum absolute atomic E-state index is 10.5. The molecule has 1 N–H and O–H groups in total. The van der Waals surface area contributed by atoms with Gasteiger partial charge in [-0.05, 0) is 13.8 Å². The first kappa shape index (κ1) is 4.32. The monoisotopic (exact) mass is 113 g/mol. The summed E-state index contributed by atoms with van der Waals surface area (Å²) in [6.45, 7) is 3.72. The fourth-order valence-corrected chi connectivity index (χ4v) is 1.06. The van der Waals surface area contributed by atoms with Crippen molar-refractivity contribution in [3.63, 3.8) is 0 Å². The van der Waals surface area contributed by atoms with Crippen LogP contribution in [0.3, 0.4) is 0 Å². The van der Waals surface area contributed by atoms with E-state index in [1.165, 1.54) is 0 Å². The highest BCUT2D eigenvalue weighted by Crippen LogP contribution is 2.49. The van der Waals surface area contributed by atoms with Gasteiger partial charge >= 0.3 is 5.97 Å². The van der Waals surface area contributed by atoms with Gasteiger partial charge in [-0.2, -0.15) is 0 Å². The van der Waals surface area contributed by atoms with Crippen LogP contribution in [0.15, 0.2) is 0 Å². The van der Waals surface area contributed by atoms with Crippen LogP contribution in [0.2, 0.25) is 0 Å². The molecule has 2 atom stereocenters. The van der Waals surface area contributed by atoms with Crippen molar-refractivity contribution < 1.29 is 9.53 Å². The lowest BCUT2D eigenvalue weighted by atomic mass is 10.0. The smallest absolute Gasteiger partial charge is 0.333 e. The molecule has 44 valence electrons. The lowest BCUT2D eigenvalue weighted by Crippen LogP contribution is -2.45. The van der Waals surface area contributed by atoms with Gasteiger partial charge in [-0.1, -0.05) is 0 Å². The molecule has 2 unspecified atom stereocenters. The van der Waals surface area contributed by atoms with E-state index in [9.17, 15) is 4.79 Å². The lowest BCUT2D eigenvalue weighted by molar-refractivity contribution is -0.171. The van der Waals surface area contributed by atoms with Gasteiger partial charge in [-0.25, -0.2) is 4.79 Å². The first-order chi connectivity index (χ1) is 3.58. The van der Waals surface area contributed by atoms with Crippen molar-refractivity contribution in [1.82, 2.24) is 5.32 Å². The summed E-state index contributed by atoms with van der Waals surface area (Å²) < 4.78 is 4.75. The summed E-state index contributed by atoms with van der Waals surface area (Å²) in [6.07, 6.45) is 0. The SMILES string of the molecule is CC12NC1(C)C(=O)O2. The third-order valence-electron chi connectivity index (χ3n) is 2.09. The molecule has 0 aliphatic carbocycles. The molecule has 0 aromatic rings. The zero-order valence-electron chi connectivity index (χ0n) is 4.82. The summed E-state index contributed by atoms with van der Waals surface area (Å²) in [7, 11) is 0. The van der Waals surface area contributed by atoms with Crippen molar-refractivity contribution in [3.05, 3.63) is 0 Å². The van der Waals surface area contributed by atoms with E-state index in [-0.39, 0.29) is 17.2 Å². The molecule has 0 bridgehead atoms. The second-order valence-corrected chi connectivity index (χ2v) is 2.67. The van der Waals surface area contributed by atoms with Crippen LogP contribution in [0, 0.1) is 0 Å². The standard InChI is InChI=1S/C5H7NO2/c1-4-3(7)8-5(4,2)6-4/h6H,1-2H3. The molecular formula is C5H7NO2. The quantitative estimate of drug-likeness (QED) is 0.344. The average Bonchev–Trinajstić information content (AvgIpc) is 2.05. The van der Waals surface area contributed by atoms with Gasteiger partial charge in [0.1, 0.15) is 0 Å². The zero-order chi connectivity index (χ0) is 5.99. The number of carbonyl (C=O) groups excluding carboxylic acids is 1. The molecule has 2 fully saturated rings. The molecule has 0 aromatic carbocycles. The van der Waals surface area contributed by atoms with Crippen LogP contribution in [0.25, 0.3) is 0 Å². The Morgan fingerprint density at radius 2 is 2.25 bits per heavy atom. The first-order valence-corrected chi connectivity index (χ1v) is 2.61. The Kier molecular flexibility index (Phi) is 0.379. The van der Waals surface area contributed by atoms with Crippen molar-refractivity contribution in [2.75, 3.05) is 0 Å². The van der Waals surface area contributed by atoms with Crippen LogP contribution in [-0.2, 0) is 9.53 Å². The zero-order valence-corrected chi connectivity index (χ0v) is 4.82. The van der Waals surface area contributed by atoms with E-state index in [2.05, 4.69) is 5.32 Å². The Morgan fingerprint density at radius 3 is 2.25 bits per heavy atom. The number of hydrogen-bond donors (Lipinski definition) is 1. The summed E-state index contributed by atoms with van der Waals surface area (Å²) in [5.74, 6) is -0.125. The van der Waals surface area contributed by atoms with Gasteiger partial charge in [0.25, 0.3) is 0 Å². The summed E-state index contributed by atoms with van der Waals surface area (Å²) in [6, 6.07) is 0. The van der Waals surface area contributed by atoms with Crippen LogP contribution in [0.1, 0.15) is 13.8 Å². The van der Waals surface area contributed by atoms with E-state index in [4.69, 9.17) is 4.74 Å². The highest BCUT2D eigenvalue weighted by Gasteiger charge is 2.79. The van der Waals surface area contributed by atoms with Gasteiger partial charge in [0, 0.05) is 0 Å². The minimum absolute atomic E-state index is 0.125. The molecule has 2 aliphatic heterocycles. The van der Waals surface area contributed by atoms with E-state index in [0.29, 0.717) is 0 Å². The molecule has 0 amide bonds. The van der Waals surface area contributed by atoms with Crippen molar-refractivity contribution in [2.45, 2.75) is 25.1 Å². The Hall–Kier alpha value is -0.570. The number of fused-ring (bicyclic) bond motifs is 1. The summed E-state index contributed by atoms with van der Waals surface area (Å²) in [4.78, 5) is 10.5. The van der Waals surface area contributed by atoms with E-state index in [1.807, 2.05) is 13.8 Å². The summed E-state index contributed by atoms with van der Waals surface area (Å²) in [5.41, 5.74) is -0.628. The van der Waals surface area contributed by atoms with E-state index in [0.717, 1.165) is 0 Å². The van der Waals surface area contributed by atoms with E-state index >= 15 is 0 Å². The highest BCUT2D eigenvalue weighted by molar-refractivity contribution is 5.93. The van der Waals surface area contributed by atoms with Gasteiger partial charge in [0.2, 0.25) is 0 Å². The first-order valence-electron chi connectivity index (χ1n) is 2.61. The Balaban J connectivity index is 2.34. The van der Waals surface area contributed by atoms with Crippen molar-refractivity contribution >= 4 is 5.97 Å². The maximum Gasteiger partial charge on any atom is 0.333 e. The second-order valence-electron chi connectivity index (χ2n) is 2.67. The minimum Gasteiger partial charge on any atom is -0.440 e. The van der Waals surface area contributed by atoms with Crippen LogP contribution >= 0.6 is 0 Å². The van der Waals surface area contributed by atoms with Gasteiger partial charge in [-0.3, -0.25) is 5.32 Å². The van der Waals surface area contributed by atoms with Crippen LogP contribution in [0.5, 0.6) is 0 Å². The van der Waals surface area contributed by atoms with Crippen molar-refractivity contribution in [1.29, 1.82) is 0 Å². The largest absolute Gasteiger partial charge is 0.440 e. The number of ether oxygens (including phenoxy) is 1. The van der Waals surface area contributed by atoms with Gasteiger partial charge in [0.15, 0.2) is 11.3 Å². The van der Waals surface area contributed by atoms with Crippen LogP contribution < -0.4 is 5.32 Å². The van der Waals surface area contributed by atoms with Crippen molar-refractivity contribution in [3.8, 4) is 0 Å². The average molecular weight is 113 g/mol. The van der Waals surface area contributed by atoms with Gasteiger partial charge in [-0.15, -0.1) is 0 Å². The van der Waals surface area contributed by atoms with E-state index in [1.54, 1.807) is 0 Å². The fraction of sp³-hybridized carbons (Fsp3) is 0.800. The third-order valence-corrected chi connectivity index (χ3v) is 2.09. The molecule has 0 saturated carbocycles. The molecule has 2 heterocycles. The van der Waals surface area contributed by atoms with Crippen molar-refractivity contribution in [2.24, 2.45) is 0 Å². The van der Waals surface area contributed by atoms with Crippen LogP contribution in [0.4, 0.5) is 0 Å². The number of esters is 1. The second kappa shape index (κ2) is 0.702. The van der Waals surface area contributed by atoms with Gasteiger partial charge in [0.05, 0.1) is 0 Å². The maximum atomic E-state index is 10.5. The molecule has 0 aromatic heterocycles. The number of nitrogens with one attached hydrogen (secondary N) is 1. The predicted octanol–water partition coefficient (Wildman–Crippen LogP) is -0.379. The number of rotatable bonds is 0. The summed E-state index contributed by atoms with van der Waals surface area (Å²) in [5, 5.41) is 2.94. The Bertz CT molecular complexity index is 179. The molecule has 0 spiro atoms. The molecule has 3 heteroatoms.